The number of halogens is 5. The molecule has 0 N–H and O–H groups in total. The van der Waals surface area contributed by atoms with Crippen molar-refractivity contribution in [1.82, 2.24) is 8.96 Å². The molecule has 2 aromatic rings. The highest BCUT2D eigenvalue weighted by atomic mass is 35.5. The Hall–Kier alpha value is -0.950. The average molecular weight is 331 g/mol. The molecule has 0 saturated heterocycles. The Bertz CT molecular complexity index is 540. The normalized spacial score (nSPS) is 10.4. The molecule has 20 heavy (non-hydrogen) atoms. The van der Waals surface area contributed by atoms with Crippen molar-refractivity contribution in [1.29, 1.82) is 0 Å². The van der Waals surface area contributed by atoms with Gasteiger partial charge in [0, 0.05) is 17.8 Å². The van der Waals surface area contributed by atoms with E-state index in [9.17, 15) is 17.1 Å². The number of alkyl halides is 3. The topological polar surface area (TPSA) is 17.8 Å². The van der Waals surface area contributed by atoms with E-state index in [0.717, 1.165) is 3.97 Å². The molecule has 114 valence electrons. The first-order chi connectivity index (χ1) is 9.45. The second kappa shape index (κ2) is 8.36. The number of rotatable bonds is 1. The number of fused-ring (bicyclic) bond motifs is 1. The van der Waals surface area contributed by atoms with E-state index in [2.05, 4.69) is 4.98 Å². The van der Waals surface area contributed by atoms with Gasteiger partial charge in [0.25, 0.3) is 0 Å². The van der Waals surface area contributed by atoms with Crippen molar-refractivity contribution >= 4 is 35.0 Å². The van der Waals surface area contributed by atoms with Crippen LogP contribution in [0.3, 0.4) is 0 Å². The van der Waals surface area contributed by atoms with Crippen molar-refractivity contribution in [3.05, 3.63) is 29.0 Å². The van der Waals surface area contributed by atoms with Crippen molar-refractivity contribution in [3.63, 3.8) is 0 Å². The first kappa shape index (κ1) is 19.1. The molecule has 0 aromatic carbocycles. The number of pyridine rings is 1. The van der Waals surface area contributed by atoms with Crippen LogP contribution in [0.25, 0.3) is 11.0 Å². The molecule has 2 heterocycles. The summed E-state index contributed by atoms with van der Waals surface area (Å²) in [5.74, 6) is 0. The highest BCUT2D eigenvalue weighted by Gasteiger charge is 2.34. The third-order valence-corrected chi connectivity index (χ3v) is 2.85. The van der Waals surface area contributed by atoms with Crippen molar-refractivity contribution in [2.75, 3.05) is 0 Å². The molecule has 2 aromatic heterocycles. The molecule has 0 unspecified atom stereocenters. The van der Waals surface area contributed by atoms with E-state index in [4.69, 9.17) is 11.6 Å². The second-order valence-electron chi connectivity index (χ2n) is 2.93. The van der Waals surface area contributed by atoms with Crippen LogP contribution in [0.2, 0.25) is 5.02 Å². The minimum atomic E-state index is -4.57. The van der Waals surface area contributed by atoms with Gasteiger partial charge in [-0.15, -0.1) is 3.89 Å². The lowest BCUT2D eigenvalue weighted by atomic mass is 10.2. The van der Waals surface area contributed by atoms with Gasteiger partial charge in [-0.1, -0.05) is 39.3 Å². The molecule has 0 atom stereocenters. The Balaban J connectivity index is 0.000000829. The third-order valence-electron chi connectivity index (χ3n) is 1.99. The van der Waals surface area contributed by atoms with E-state index in [1.807, 2.05) is 27.7 Å². The fraction of sp³-hybridized carbons (Fsp3) is 0.417. The van der Waals surface area contributed by atoms with Crippen molar-refractivity contribution in [2.45, 2.75) is 33.9 Å². The first-order valence-corrected chi connectivity index (χ1v) is 7.02. The summed E-state index contributed by atoms with van der Waals surface area (Å²) in [7, 11) is 0. The molecule has 0 spiro atoms. The summed E-state index contributed by atoms with van der Waals surface area (Å²) in [4.78, 5) is 3.54. The van der Waals surface area contributed by atoms with E-state index >= 15 is 0 Å². The van der Waals surface area contributed by atoms with Crippen LogP contribution in [0.4, 0.5) is 17.1 Å². The van der Waals surface area contributed by atoms with Crippen LogP contribution in [0, 0.1) is 0 Å². The highest BCUT2D eigenvalue weighted by molar-refractivity contribution is 7.92. The minimum absolute atomic E-state index is 0.0606. The fourth-order valence-electron chi connectivity index (χ4n) is 1.28. The van der Waals surface area contributed by atoms with E-state index < -0.39 is 16.8 Å². The van der Waals surface area contributed by atoms with Crippen LogP contribution in [-0.4, -0.2) is 8.96 Å². The lowest BCUT2D eigenvalue weighted by Gasteiger charge is -2.08. The van der Waals surface area contributed by atoms with E-state index in [1.165, 1.54) is 12.3 Å². The predicted molar refractivity (Wildman–Crippen MR) is 76.5 cm³/mol. The summed E-state index contributed by atoms with van der Waals surface area (Å²) in [6.45, 7) is 8.00. The largest absolute Gasteiger partial charge is 0.419 e. The van der Waals surface area contributed by atoms with Gasteiger partial charge in [-0.25, -0.2) is 8.96 Å². The quantitative estimate of drug-likeness (QED) is 0.584. The van der Waals surface area contributed by atoms with Crippen LogP contribution in [0.1, 0.15) is 33.3 Å². The zero-order valence-electron chi connectivity index (χ0n) is 11.4. The van der Waals surface area contributed by atoms with Gasteiger partial charge in [0.2, 0.25) is 0 Å². The number of aromatic nitrogens is 2. The molecule has 0 aliphatic rings. The molecular formula is C12H15ClF4N2S. The SMILES string of the molecule is CC.CC.FSn1ccc2c(Cl)c(C(F)(F)F)cnc21. The number of nitrogens with zero attached hydrogens (tertiary/aromatic N) is 2. The monoisotopic (exact) mass is 330 g/mol. The zero-order valence-corrected chi connectivity index (χ0v) is 13.0. The Morgan fingerprint density at radius 3 is 2.20 bits per heavy atom. The smallest absolute Gasteiger partial charge is 0.247 e. The van der Waals surface area contributed by atoms with Gasteiger partial charge in [0.05, 0.1) is 10.6 Å². The van der Waals surface area contributed by atoms with Crippen LogP contribution >= 0.6 is 23.9 Å². The van der Waals surface area contributed by atoms with Crippen LogP contribution < -0.4 is 0 Å². The standard InChI is InChI=1S/C8H3ClF4N2S.2C2H6/c9-6-4-1-2-15(16-13)7(4)14-3-5(6)8(10,11)12;2*1-2/h1-3H;2*1-2H3. The van der Waals surface area contributed by atoms with Gasteiger partial charge in [0.15, 0.2) is 18.0 Å². The molecule has 0 saturated carbocycles. The summed E-state index contributed by atoms with van der Waals surface area (Å²) >= 11 is 5.43. The maximum Gasteiger partial charge on any atom is 0.419 e. The summed E-state index contributed by atoms with van der Waals surface area (Å²) in [6.07, 6.45) is -2.71. The maximum atomic E-state index is 12.5. The minimum Gasteiger partial charge on any atom is -0.247 e. The van der Waals surface area contributed by atoms with Gasteiger partial charge in [-0.05, 0) is 6.07 Å². The summed E-state index contributed by atoms with van der Waals surface area (Å²) in [5.41, 5.74) is -0.964. The average Bonchev–Trinajstić information content (AvgIpc) is 2.86. The molecule has 2 nitrogen and oxygen atoms in total. The maximum absolute atomic E-state index is 12.5. The number of hydrogen-bond donors (Lipinski definition) is 0. The van der Waals surface area contributed by atoms with Crippen molar-refractivity contribution in [3.8, 4) is 0 Å². The molecule has 0 aliphatic carbocycles. The highest BCUT2D eigenvalue weighted by Crippen LogP contribution is 2.38. The van der Waals surface area contributed by atoms with Crippen molar-refractivity contribution < 1.29 is 17.1 Å². The summed E-state index contributed by atoms with van der Waals surface area (Å²) in [6, 6.07) is 1.28. The summed E-state index contributed by atoms with van der Waals surface area (Å²) in [5, 5.41) is -0.396. The van der Waals surface area contributed by atoms with Crippen LogP contribution in [-0.2, 0) is 6.18 Å². The lowest BCUT2D eigenvalue weighted by Crippen LogP contribution is -2.06. The van der Waals surface area contributed by atoms with Gasteiger partial charge >= 0.3 is 6.18 Å². The van der Waals surface area contributed by atoms with E-state index in [1.54, 1.807) is 0 Å². The van der Waals surface area contributed by atoms with Gasteiger partial charge in [0.1, 0.15) is 0 Å². The van der Waals surface area contributed by atoms with Gasteiger partial charge in [-0.3, -0.25) is 0 Å². The second-order valence-corrected chi connectivity index (χ2v) is 3.84. The molecule has 8 heteroatoms. The summed E-state index contributed by atoms with van der Waals surface area (Å²) < 4.78 is 50.7. The molecule has 0 radical (unpaired) electrons. The fourth-order valence-corrected chi connectivity index (χ4v) is 1.91. The van der Waals surface area contributed by atoms with Crippen LogP contribution in [0.15, 0.2) is 18.5 Å². The van der Waals surface area contributed by atoms with Gasteiger partial charge in [-0.2, -0.15) is 13.2 Å². The Morgan fingerprint density at radius 1 is 1.20 bits per heavy atom. The lowest BCUT2D eigenvalue weighted by molar-refractivity contribution is -0.137. The molecule has 2 rings (SSSR count). The number of hydrogen-bond acceptors (Lipinski definition) is 2. The Kier molecular flexibility index (Phi) is 7.96. The Labute approximate surface area is 124 Å². The predicted octanol–water partition coefficient (Wildman–Crippen LogP) is 6.14. The van der Waals surface area contributed by atoms with Gasteiger partial charge < -0.3 is 0 Å². The molecule has 0 amide bonds. The van der Waals surface area contributed by atoms with E-state index in [-0.39, 0.29) is 23.4 Å². The molecule has 0 fully saturated rings. The van der Waals surface area contributed by atoms with E-state index in [0.29, 0.717) is 6.20 Å². The molecule has 0 bridgehead atoms. The Morgan fingerprint density at radius 2 is 1.75 bits per heavy atom. The molecular weight excluding hydrogens is 316 g/mol. The third kappa shape index (κ3) is 4.02. The molecule has 0 aliphatic heterocycles. The van der Waals surface area contributed by atoms with Crippen LogP contribution in [0.5, 0.6) is 0 Å². The first-order valence-electron chi connectivity index (χ1n) is 5.97. The zero-order chi connectivity index (χ0) is 15.9. The van der Waals surface area contributed by atoms with Crippen molar-refractivity contribution in [2.24, 2.45) is 0 Å².